The monoisotopic (exact) mass is 338 g/mol. The topological polar surface area (TPSA) is 72.3 Å². The van der Waals surface area contributed by atoms with Crippen molar-refractivity contribution >= 4 is 11.0 Å². The molecule has 0 amide bonds. The van der Waals surface area contributed by atoms with Crippen LogP contribution in [-0.2, 0) is 0 Å². The number of hydrogen-bond donors (Lipinski definition) is 1. The van der Waals surface area contributed by atoms with Crippen LogP contribution in [0.2, 0.25) is 0 Å². The van der Waals surface area contributed by atoms with Crippen LogP contribution in [0.3, 0.4) is 0 Å². The van der Waals surface area contributed by atoms with Gasteiger partial charge in [0.15, 0.2) is 5.82 Å². The first-order valence-corrected chi connectivity index (χ1v) is 8.28. The summed E-state index contributed by atoms with van der Waals surface area (Å²) in [6, 6.07) is 25.8. The molecule has 0 aliphatic carbocycles. The SMILES string of the molecule is c1ccc(-c2nnnn2-c2ccccc2-c2nc3ccccc3[nH]2)cc1. The van der Waals surface area contributed by atoms with Gasteiger partial charge in [0.05, 0.1) is 16.7 Å². The van der Waals surface area contributed by atoms with Crippen molar-refractivity contribution in [1.29, 1.82) is 0 Å². The molecule has 2 aromatic heterocycles. The van der Waals surface area contributed by atoms with Crippen molar-refractivity contribution < 1.29 is 0 Å². The number of aromatic nitrogens is 6. The predicted molar refractivity (Wildman–Crippen MR) is 99.7 cm³/mol. The average Bonchev–Trinajstić information content (AvgIpc) is 3.35. The molecular formula is C20H14N6. The van der Waals surface area contributed by atoms with Crippen LogP contribution < -0.4 is 0 Å². The third-order valence-corrected chi connectivity index (χ3v) is 4.28. The Labute approximate surface area is 149 Å². The molecule has 1 N–H and O–H groups in total. The van der Waals surface area contributed by atoms with Gasteiger partial charge < -0.3 is 4.98 Å². The minimum Gasteiger partial charge on any atom is -0.338 e. The largest absolute Gasteiger partial charge is 0.338 e. The molecule has 6 nitrogen and oxygen atoms in total. The van der Waals surface area contributed by atoms with E-state index in [0.717, 1.165) is 33.7 Å². The first-order valence-electron chi connectivity index (χ1n) is 8.28. The molecule has 0 radical (unpaired) electrons. The van der Waals surface area contributed by atoms with Gasteiger partial charge in [-0.25, -0.2) is 4.98 Å². The summed E-state index contributed by atoms with van der Waals surface area (Å²) in [5, 5.41) is 12.3. The van der Waals surface area contributed by atoms with Crippen LogP contribution in [0, 0.1) is 0 Å². The summed E-state index contributed by atoms with van der Waals surface area (Å²) in [5.41, 5.74) is 4.69. The lowest BCUT2D eigenvalue weighted by Gasteiger charge is -2.09. The van der Waals surface area contributed by atoms with E-state index < -0.39 is 0 Å². The Balaban J connectivity index is 1.70. The smallest absolute Gasteiger partial charge is 0.187 e. The Morgan fingerprint density at radius 2 is 1.54 bits per heavy atom. The van der Waals surface area contributed by atoms with Crippen molar-refractivity contribution in [3.05, 3.63) is 78.9 Å². The number of nitrogens with one attached hydrogen (secondary N) is 1. The zero-order valence-electron chi connectivity index (χ0n) is 13.7. The van der Waals surface area contributed by atoms with Gasteiger partial charge >= 0.3 is 0 Å². The highest BCUT2D eigenvalue weighted by Gasteiger charge is 2.16. The maximum Gasteiger partial charge on any atom is 0.187 e. The number of imidazole rings is 1. The summed E-state index contributed by atoms with van der Waals surface area (Å²) in [6.45, 7) is 0. The summed E-state index contributed by atoms with van der Waals surface area (Å²) in [7, 11) is 0. The van der Waals surface area contributed by atoms with Crippen molar-refractivity contribution in [2.24, 2.45) is 0 Å². The molecule has 6 heteroatoms. The molecule has 2 heterocycles. The Morgan fingerprint density at radius 3 is 2.42 bits per heavy atom. The van der Waals surface area contributed by atoms with Crippen LogP contribution >= 0.6 is 0 Å². The van der Waals surface area contributed by atoms with Crippen molar-refractivity contribution in [3.63, 3.8) is 0 Å². The van der Waals surface area contributed by atoms with E-state index in [0.29, 0.717) is 5.82 Å². The number of benzene rings is 3. The second-order valence-corrected chi connectivity index (χ2v) is 5.90. The van der Waals surface area contributed by atoms with Crippen LogP contribution in [0.25, 0.3) is 39.5 Å². The first-order chi connectivity index (χ1) is 12.9. The van der Waals surface area contributed by atoms with Crippen LogP contribution in [-0.4, -0.2) is 30.2 Å². The molecular weight excluding hydrogens is 324 g/mol. The van der Waals surface area contributed by atoms with Crippen molar-refractivity contribution in [2.45, 2.75) is 0 Å². The summed E-state index contributed by atoms with van der Waals surface area (Å²) in [6.07, 6.45) is 0. The number of hydrogen-bond acceptors (Lipinski definition) is 4. The Bertz CT molecular complexity index is 1160. The Hall–Kier alpha value is -3.80. The minimum absolute atomic E-state index is 0.689. The van der Waals surface area contributed by atoms with E-state index in [1.54, 1.807) is 4.68 Å². The van der Waals surface area contributed by atoms with Crippen LogP contribution in [0.1, 0.15) is 0 Å². The quantitative estimate of drug-likeness (QED) is 0.542. The minimum atomic E-state index is 0.689. The standard InChI is InChI=1S/C20H14N6/c1-2-8-14(9-3-1)20-23-24-25-26(20)18-13-7-4-10-15(18)19-21-16-11-5-6-12-17(16)22-19/h1-13H,(H,21,22). The van der Waals surface area contributed by atoms with Crippen LogP contribution in [0.5, 0.6) is 0 Å². The third-order valence-electron chi connectivity index (χ3n) is 4.28. The van der Waals surface area contributed by atoms with Crippen molar-refractivity contribution in [2.75, 3.05) is 0 Å². The summed E-state index contributed by atoms with van der Waals surface area (Å²) in [4.78, 5) is 8.10. The maximum absolute atomic E-state index is 4.72. The van der Waals surface area contributed by atoms with Crippen LogP contribution in [0.15, 0.2) is 78.9 Å². The van der Waals surface area contributed by atoms with Gasteiger partial charge in [0.25, 0.3) is 0 Å². The van der Waals surface area contributed by atoms with E-state index >= 15 is 0 Å². The van der Waals surface area contributed by atoms with Crippen molar-refractivity contribution in [1.82, 2.24) is 30.2 Å². The lowest BCUT2D eigenvalue weighted by atomic mass is 10.1. The fraction of sp³-hybridized carbons (Fsp3) is 0. The highest BCUT2D eigenvalue weighted by molar-refractivity contribution is 5.81. The van der Waals surface area contributed by atoms with Gasteiger partial charge in [-0.3, -0.25) is 0 Å². The van der Waals surface area contributed by atoms with Crippen LogP contribution in [0.4, 0.5) is 0 Å². The second kappa shape index (κ2) is 5.93. The lowest BCUT2D eigenvalue weighted by molar-refractivity contribution is 0.791. The Kier molecular flexibility index (Phi) is 3.31. The molecule has 0 aliphatic rings. The van der Waals surface area contributed by atoms with Gasteiger partial charge in [-0.1, -0.05) is 54.6 Å². The Morgan fingerprint density at radius 1 is 0.769 bits per heavy atom. The second-order valence-electron chi connectivity index (χ2n) is 5.90. The van der Waals surface area contributed by atoms with E-state index in [-0.39, 0.29) is 0 Å². The third kappa shape index (κ3) is 2.36. The molecule has 26 heavy (non-hydrogen) atoms. The number of aromatic amines is 1. The maximum atomic E-state index is 4.72. The summed E-state index contributed by atoms with van der Waals surface area (Å²) < 4.78 is 1.75. The van der Waals surface area contributed by atoms with Crippen molar-refractivity contribution in [3.8, 4) is 28.5 Å². The van der Waals surface area contributed by atoms with Gasteiger partial charge in [-0.15, -0.1) is 5.10 Å². The van der Waals surface area contributed by atoms with Gasteiger partial charge in [-0.05, 0) is 34.7 Å². The van der Waals surface area contributed by atoms with Gasteiger partial charge in [0.2, 0.25) is 0 Å². The predicted octanol–water partition coefficient (Wildman–Crippen LogP) is 3.87. The van der Waals surface area contributed by atoms with E-state index in [2.05, 4.69) is 20.5 Å². The number of para-hydroxylation sites is 3. The first kappa shape index (κ1) is 14.5. The highest BCUT2D eigenvalue weighted by Crippen LogP contribution is 2.28. The molecule has 3 aromatic carbocycles. The molecule has 0 unspecified atom stereocenters. The van der Waals surface area contributed by atoms with Gasteiger partial charge in [0.1, 0.15) is 5.82 Å². The molecule has 0 spiro atoms. The fourth-order valence-electron chi connectivity index (χ4n) is 3.06. The van der Waals surface area contributed by atoms with Gasteiger partial charge in [0, 0.05) is 11.1 Å². The molecule has 0 saturated carbocycles. The summed E-state index contributed by atoms with van der Waals surface area (Å²) >= 11 is 0. The lowest BCUT2D eigenvalue weighted by Crippen LogP contribution is -2.02. The average molecular weight is 338 g/mol. The number of H-pyrrole nitrogens is 1. The number of nitrogens with zero attached hydrogens (tertiary/aromatic N) is 5. The molecule has 0 fully saturated rings. The molecule has 0 atom stereocenters. The van der Waals surface area contributed by atoms with E-state index in [1.807, 2.05) is 78.9 Å². The zero-order chi connectivity index (χ0) is 17.3. The molecule has 0 saturated heterocycles. The molecule has 5 aromatic rings. The van der Waals surface area contributed by atoms with E-state index in [1.165, 1.54) is 0 Å². The molecule has 0 bridgehead atoms. The number of fused-ring (bicyclic) bond motifs is 1. The molecule has 0 aliphatic heterocycles. The highest BCUT2D eigenvalue weighted by atomic mass is 15.5. The number of tetrazole rings is 1. The molecule has 5 rings (SSSR count). The number of rotatable bonds is 3. The van der Waals surface area contributed by atoms with E-state index in [9.17, 15) is 0 Å². The normalized spacial score (nSPS) is 11.1. The zero-order valence-corrected chi connectivity index (χ0v) is 13.7. The fourth-order valence-corrected chi connectivity index (χ4v) is 3.06. The molecule has 124 valence electrons. The summed E-state index contributed by atoms with van der Waals surface area (Å²) in [5.74, 6) is 1.48. The van der Waals surface area contributed by atoms with Gasteiger partial charge in [-0.2, -0.15) is 4.68 Å². The van der Waals surface area contributed by atoms with E-state index in [4.69, 9.17) is 4.98 Å².